The van der Waals surface area contributed by atoms with E-state index >= 15 is 0 Å². The van der Waals surface area contributed by atoms with Crippen molar-refractivity contribution in [2.24, 2.45) is 7.05 Å². The second-order valence-corrected chi connectivity index (χ2v) is 7.43. The maximum atomic E-state index is 13.2. The number of amides is 2. The highest BCUT2D eigenvalue weighted by atomic mass is 19.3. The summed E-state index contributed by atoms with van der Waals surface area (Å²) < 4.78 is 31.3. The molecule has 2 amide bonds. The number of halogens is 2. The summed E-state index contributed by atoms with van der Waals surface area (Å²) in [5, 5.41) is 0.677. The molecule has 0 bridgehead atoms. The Morgan fingerprint density at radius 3 is 2.09 bits per heavy atom. The Balaban J connectivity index is 1.51. The molecule has 0 aliphatic carbocycles. The largest absolute Gasteiger partial charge is 0.434 e. The molecule has 4 rings (SSSR count). The molecule has 1 aliphatic heterocycles. The average Bonchev–Trinajstić information content (AvgIpc) is 2.80. The highest BCUT2D eigenvalue weighted by Crippen LogP contribution is 2.23. The van der Waals surface area contributed by atoms with E-state index in [-0.39, 0.29) is 49.0 Å². The third-order valence-electron chi connectivity index (χ3n) is 5.57. The van der Waals surface area contributed by atoms with Crippen molar-refractivity contribution in [1.82, 2.24) is 14.4 Å². The van der Waals surface area contributed by atoms with E-state index in [9.17, 15) is 23.2 Å². The van der Waals surface area contributed by atoms with E-state index in [4.69, 9.17) is 0 Å². The first kappa shape index (κ1) is 21.5. The van der Waals surface area contributed by atoms with Crippen LogP contribution in [-0.4, -0.2) is 59.0 Å². The summed E-state index contributed by atoms with van der Waals surface area (Å²) in [6.45, 7) is -2.06. The first-order valence-corrected chi connectivity index (χ1v) is 10.1. The molecular formula is C23H21F2N3O4. The summed E-state index contributed by atoms with van der Waals surface area (Å²) in [5.41, 5.74) is 0.744. The topological polar surface area (TPSA) is 71.9 Å². The number of aryl methyl sites for hydroxylation is 1. The van der Waals surface area contributed by atoms with Crippen molar-refractivity contribution in [3.63, 3.8) is 0 Å². The minimum atomic E-state index is -3.04. The van der Waals surface area contributed by atoms with Crippen molar-refractivity contribution in [3.8, 4) is 5.75 Å². The van der Waals surface area contributed by atoms with Crippen LogP contribution in [0.25, 0.3) is 10.9 Å². The Bertz CT molecular complexity index is 1230. The zero-order valence-electron chi connectivity index (χ0n) is 17.3. The molecule has 0 unspecified atom stereocenters. The van der Waals surface area contributed by atoms with Crippen molar-refractivity contribution in [3.05, 3.63) is 76.1 Å². The number of aromatic nitrogens is 1. The lowest BCUT2D eigenvalue weighted by Crippen LogP contribution is -2.50. The quantitative estimate of drug-likeness (QED) is 0.624. The van der Waals surface area contributed by atoms with Gasteiger partial charge in [0.25, 0.3) is 17.4 Å². The predicted molar refractivity (Wildman–Crippen MR) is 114 cm³/mol. The SMILES string of the molecule is Cn1c(=O)cc(C(=O)N2CCN(C(=O)c3ccccc3OC(F)F)CC2)c2ccccc21. The second-order valence-electron chi connectivity index (χ2n) is 7.43. The molecule has 0 atom stereocenters. The Labute approximate surface area is 182 Å². The van der Waals surface area contributed by atoms with Gasteiger partial charge in [-0.3, -0.25) is 14.4 Å². The van der Waals surface area contributed by atoms with Crippen LogP contribution in [0.2, 0.25) is 0 Å². The smallest absolute Gasteiger partial charge is 0.387 e. The molecule has 0 spiro atoms. The zero-order valence-corrected chi connectivity index (χ0v) is 17.3. The molecule has 166 valence electrons. The van der Waals surface area contributed by atoms with Gasteiger partial charge in [-0.1, -0.05) is 30.3 Å². The van der Waals surface area contributed by atoms with Gasteiger partial charge in [0.1, 0.15) is 5.75 Å². The van der Waals surface area contributed by atoms with Gasteiger partial charge < -0.3 is 19.1 Å². The molecule has 32 heavy (non-hydrogen) atoms. The van der Waals surface area contributed by atoms with Crippen LogP contribution in [0, 0.1) is 0 Å². The molecule has 3 aromatic rings. The summed E-state index contributed by atoms with van der Waals surface area (Å²) in [7, 11) is 1.65. The zero-order chi connectivity index (χ0) is 22.8. The molecule has 1 aromatic heterocycles. The Morgan fingerprint density at radius 1 is 0.875 bits per heavy atom. The third kappa shape index (κ3) is 4.05. The molecule has 0 radical (unpaired) electrons. The van der Waals surface area contributed by atoms with E-state index < -0.39 is 12.5 Å². The lowest BCUT2D eigenvalue weighted by Gasteiger charge is -2.35. The number of nitrogens with zero attached hydrogens (tertiary/aromatic N) is 3. The number of carbonyl (C=O) groups is 2. The van der Waals surface area contributed by atoms with Crippen LogP contribution < -0.4 is 10.3 Å². The van der Waals surface area contributed by atoms with Crippen LogP contribution in [0.3, 0.4) is 0 Å². The fourth-order valence-corrected chi connectivity index (χ4v) is 3.88. The van der Waals surface area contributed by atoms with Crippen LogP contribution in [0.15, 0.2) is 59.4 Å². The van der Waals surface area contributed by atoms with Gasteiger partial charge in [0.05, 0.1) is 16.6 Å². The number of ether oxygens (including phenoxy) is 1. The number of pyridine rings is 1. The molecule has 1 fully saturated rings. The number of hydrogen-bond donors (Lipinski definition) is 0. The van der Waals surface area contributed by atoms with Crippen LogP contribution >= 0.6 is 0 Å². The number of hydrogen-bond acceptors (Lipinski definition) is 4. The van der Waals surface area contributed by atoms with Gasteiger partial charge in [0, 0.05) is 44.7 Å². The van der Waals surface area contributed by atoms with Crippen molar-refractivity contribution in [2.45, 2.75) is 6.61 Å². The van der Waals surface area contributed by atoms with Gasteiger partial charge in [-0.15, -0.1) is 0 Å². The van der Waals surface area contributed by atoms with Gasteiger partial charge >= 0.3 is 6.61 Å². The van der Waals surface area contributed by atoms with Gasteiger partial charge in [-0.25, -0.2) is 0 Å². The van der Waals surface area contributed by atoms with Crippen LogP contribution in [0.5, 0.6) is 5.75 Å². The summed E-state index contributed by atoms with van der Waals surface area (Å²) in [6.07, 6.45) is 0. The number of carbonyl (C=O) groups excluding carboxylic acids is 2. The average molecular weight is 441 g/mol. The molecule has 2 heterocycles. The van der Waals surface area contributed by atoms with Crippen LogP contribution in [-0.2, 0) is 7.05 Å². The van der Waals surface area contributed by atoms with Gasteiger partial charge in [0.2, 0.25) is 0 Å². The fraction of sp³-hybridized carbons (Fsp3) is 0.261. The number of rotatable bonds is 4. The number of para-hydroxylation sites is 2. The Hall–Kier alpha value is -3.75. The maximum absolute atomic E-state index is 13.2. The van der Waals surface area contributed by atoms with E-state index in [0.717, 1.165) is 0 Å². The van der Waals surface area contributed by atoms with Crippen molar-refractivity contribution in [1.29, 1.82) is 0 Å². The number of piperazine rings is 1. The normalized spacial score (nSPS) is 14.1. The van der Waals surface area contributed by atoms with E-state index in [2.05, 4.69) is 4.74 Å². The molecule has 0 saturated carbocycles. The van der Waals surface area contributed by atoms with E-state index in [1.807, 2.05) is 0 Å². The molecule has 2 aromatic carbocycles. The van der Waals surface area contributed by atoms with Crippen LogP contribution in [0.4, 0.5) is 8.78 Å². The van der Waals surface area contributed by atoms with E-state index in [0.29, 0.717) is 16.5 Å². The minimum Gasteiger partial charge on any atom is -0.434 e. The lowest BCUT2D eigenvalue weighted by atomic mass is 10.1. The molecule has 9 heteroatoms. The second kappa shape index (κ2) is 8.78. The first-order valence-electron chi connectivity index (χ1n) is 10.1. The van der Waals surface area contributed by atoms with E-state index in [1.165, 1.54) is 33.7 Å². The molecule has 0 N–H and O–H groups in total. The predicted octanol–water partition coefficient (Wildman–Crippen LogP) is 2.74. The summed E-state index contributed by atoms with van der Waals surface area (Å²) in [6, 6.07) is 14.4. The highest BCUT2D eigenvalue weighted by molar-refractivity contribution is 6.06. The van der Waals surface area contributed by atoms with Crippen LogP contribution in [0.1, 0.15) is 20.7 Å². The minimum absolute atomic E-state index is 0.0464. The van der Waals surface area contributed by atoms with Gasteiger partial charge in [-0.2, -0.15) is 8.78 Å². The standard InChI is InChI=1S/C23H21F2N3O4/c1-26-18-8-4-2-6-15(18)17(14-20(26)29)22(31)28-12-10-27(11-13-28)21(30)16-7-3-5-9-19(16)32-23(24)25/h2-9,14,23H,10-13H2,1H3. The van der Waals surface area contributed by atoms with Gasteiger partial charge in [0.15, 0.2) is 0 Å². The molecule has 7 nitrogen and oxygen atoms in total. The molecule has 1 saturated heterocycles. The summed E-state index contributed by atoms with van der Waals surface area (Å²) in [5.74, 6) is -0.905. The summed E-state index contributed by atoms with van der Waals surface area (Å²) in [4.78, 5) is 41.4. The van der Waals surface area contributed by atoms with Gasteiger partial charge in [-0.05, 0) is 18.2 Å². The molecule has 1 aliphatic rings. The third-order valence-corrected chi connectivity index (χ3v) is 5.57. The van der Waals surface area contributed by atoms with Crippen molar-refractivity contribution < 1.29 is 23.1 Å². The Morgan fingerprint density at radius 2 is 1.44 bits per heavy atom. The fourth-order valence-electron chi connectivity index (χ4n) is 3.88. The number of fused-ring (bicyclic) bond motifs is 1. The van der Waals surface area contributed by atoms with E-state index in [1.54, 1.807) is 42.3 Å². The summed E-state index contributed by atoms with van der Waals surface area (Å²) >= 11 is 0. The Kier molecular flexibility index (Phi) is 5.89. The first-order chi connectivity index (χ1) is 15.4. The monoisotopic (exact) mass is 441 g/mol. The highest BCUT2D eigenvalue weighted by Gasteiger charge is 2.28. The van der Waals surface area contributed by atoms with Crippen molar-refractivity contribution in [2.75, 3.05) is 26.2 Å². The van der Waals surface area contributed by atoms with Crippen molar-refractivity contribution >= 4 is 22.7 Å². The lowest BCUT2D eigenvalue weighted by molar-refractivity contribution is -0.0503. The number of alkyl halides is 2. The maximum Gasteiger partial charge on any atom is 0.387 e. The number of benzene rings is 2. The molecular weight excluding hydrogens is 420 g/mol.